The van der Waals surface area contributed by atoms with Crippen molar-refractivity contribution in [1.29, 1.82) is 0 Å². The van der Waals surface area contributed by atoms with E-state index in [-0.39, 0.29) is 29.5 Å². The fourth-order valence-corrected chi connectivity index (χ4v) is 5.57. The molecule has 2 amide bonds. The summed E-state index contributed by atoms with van der Waals surface area (Å²) >= 11 is 0. The molecule has 3 rings (SSSR count). The molecule has 2 heterocycles. The van der Waals surface area contributed by atoms with E-state index < -0.39 is 21.9 Å². The topological polar surface area (TPSA) is 96.0 Å². The van der Waals surface area contributed by atoms with Crippen LogP contribution in [0.4, 0.5) is 9.18 Å². The van der Waals surface area contributed by atoms with Crippen LogP contribution in [0.3, 0.4) is 0 Å². The first-order valence-corrected chi connectivity index (χ1v) is 11.8. The summed E-state index contributed by atoms with van der Waals surface area (Å²) in [5.74, 6) is -0.842. The highest BCUT2D eigenvalue weighted by molar-refractivity contribution is 7.89. The number of amides is 2. The first-order chi connectivity index (χ1) is 14.3. The summed E-state index contributed by atoms with van der Waals surface area (Å²) < 4.78 is 45.5. The summed E-state index contributed by atoms with van der Waals surface area (Å²) in [4.78, 5) is 26.3. The van der Waals surface area contributed by atoms with E-state index in [0.717, 1.165) is 18.6 Å². The molecule has 8 nitrogen and oxygen atoms in total. The van der Waals surface area contributed by atoms with Gasteiger partial charge < -0.3 is 15.0 Å². The number of halogens is 1. The Morgan fingerprint density at radius 2 is 1.77 bits per heavy atom. The number of ether oxygens (including phenoxy) is 1. The number of carbonyl (C=O) groups is 2. The third-order valence-corrected chi connectivity index (χ3v) is 7.47. The van der Waals surface area contributed by atoms with Crippen molar-refractivity contribution in [1.82, 2.24) is 14.5 Å². The molecule has 1 atom stereocenters. The van der Waals surface area contributed by atoms with Crippen molar-refractivity contribution in [3.63, 3.8) is 0 Å². The van der Waals surface area contributed by atoms with Gasteiger partial charge in [-0.2, -0.15) is 4.31 Å². The summed E-state index contributed by atoms with van der Waals surface area (Å²) in [6.07, 6.45) is 2.68. The summed E-state index contributed by atoms with van der Waals surface area (Å²) in [5.41, 5.74) is 0. The Balaban J connectivity index is 1.64. The molecule has 166 valence electrons. The lowest BCUT2D eigenvalue weighted by Gasteiger charge is -2.36. The van der Waals surface area contributed by atoms with Crippen molar-refractivity contribution >= 4 is 22.0 Å². The Hall–Kier alpha value is -2.20. The van der Waals surface area contributed by atoms with Gasteiger partial charge in [-0.1, -0.05) is 6.42 Å². The minimum Gasteiger partial charge on any atom is -0.450 e. The maximum Gasteiger partial charge on any atom is 0.409 e. The fourth-order valence-electron chi connectivity index (χ4n) is 3.92. The average Bonchev–Trinajstić information content (AvgIpc) is 2.74. The second-order valence-electron chi connectivity index (χ2n) is 7.55. The average molecular weight is 442 g/mol. The van der Waals surface area contributed by atoms with Crippen LogP contribution in [0.2, 0.25) is 0 Å². The monoisotopic (exact) mass is 441 g/mol. The van der Waals surface area contributed by atoms with E-state index in [1.165, 1.54) is 16.4 Å². The maximum atomic E-state index is 13.2. The number of hydrogen-bond donors (Lipinski definition) is 1. The molecule has 1 aromatic carbocycles. The Kier molecular flexibility index (Phi) is 7.30. The first kappa shape index (κ1) is 22.5. The minimum atomic E-state index is -3.90. The second-order valence-corrected chi connectivity index (χ2v) is 9.44. The number of carbonyl (C=O) groups excluding carboxylic acids is 2. The third kappa shape index (κ3) is 5.10. The van der Waals surface area contributed by atoms with Crippen molar-refractivity contribution in [2.24, 2.45) is 0 Å². The Bertz CT molecular complexity index is 854. The molecule has 2 aliphatic rings. The fraction of sp³-hybridized carbons (Fsp3) is 0.600. The highest BCUT2D eigenvalue weighted by Gasteiger charge is 2.38. The maximum absolute atomic E-state index is 13.2. The molecular weight excluding hydrogens is 413 g/mol. The van der Waals surface area contributed by atoms with Crippen molar-refractivity contribution in [3.05, 3.63) is 30.1 Å². The van der Waals surface area contributed by atoms with Crippen molar-refractivity contribution < 1.29 is 27.1 Å². The standard InChI is InChI=1S/C20H28FN3O5S/c1-2-29-20(26)23-13-10-16(11-14-23)22-19(25)18-5-3-4-12-24(18)30(27,28)17-8-6-15(21)7-9-17/h6-9,16,18H,2-5,10-14H2,1H3,(H,22,25)/t18-/m0/s1. The number of piperidine rings is 2. The van der Waals surface area contributed by atoms with Crippen molar-refractivity contribution in [3.8, 4) is 0 Å². The van der Waals surface area contributed by atoms with Gasteiger partial charge in [-0.25, -0.2) is 17.6 Å². The van der Waals surface area contributed by atoms with E-state index in [9.17, 15) is 22.4 Å². The van der Waals surface area contributed by atoms with Gasteiger partial charge in [0.05, 0.1) is 11.5 Å². The van der Waals surface area contributed by atoms with Gasteiger partial charge in [0.25, 0.3) is 0 Å². The molecule has 1 N–H and O–H groups in total. The molecule has 0 unspecified atom stereocenters. The zero-order chi connectivity index (χ0) is 21.7. The van der Waals surface area contributed by atoms with Crippen LogP contribution in [0.25, 0.3) is 0 Å². The number of hydrogen-bond acceptors (Lipinski definition) is 5. The smallest absolute Gasteiger partial charge is 0.409 e. The van der Waals surface area contributed by atoms with Gasteiger partial charge in [0.1, 0.15) is 11.9 Å². The molecule has 0 aromatic heterocycles. The molecule has 1 aromatic rings. The van der Waals surface area contributed by atoms with Gasteiger partial charge in [-0.15, -0.1) is 0 Å². The number of benzene rings is 1. The molecule has 0 spiro atoms. The number of likely N-dealkylation sites (tertiary alicyclic amines) is 1. The van der Waals surface area contributed by atoms with Crippen LogP contribution in [0.5, 0.6) is 0 Å². The van der Waals surface area contributed by atoms with Gasteiger partial charge in [0, 0.05) is 25.7 Å². The molecule has 0 saturated carbocycles. The zero-order valence-electron chi connectivity index (χ0n) is 17.0. The van der Waals surface area contributed by atoms with Gasteiger partial charge in [-0.05, 0) is 56.9 Å². The van der Waals surface area contributed by atoms with Crippen molar-refractivity contribution in [2.45, 2.75) is 56.0 Å². The quantitative estimate of drug-likeness (QED) is 0.755. The number of nitrogens with one attached hydrogen (secondary N) is 1. The summed E-state index contributed by atoms with van der Waals surface area (Å²) in [6.45, 7) is 3.27. The van der Waals surface area contributed by atoms with Crippen LogP contribution < -0.4 is 5.32 Å². The molecule has 10 heteroatoms. The molecule has 0 radical (unpaired) electrons. The van der Waals surface area contributed by atoms with Crippen LogP contribution in [-0.4, -0.2) is 67.9 Å². The molecule has 0 bridgehead atoms. The lowest BCUT2D eigenvalue weighted by Crippen LogP contribution is -2.55. The summed E-state index contributed by atoms with van der Waals surface area (Å²) in [6, 6.07) is 3.72. The predicted octanol–water partition coefficient (Wildman–Crippen LogP) is 2.11. The van der Waals surface area contributed by atoms with E-state index in [2.05, 4.69) is 5.32 Å². The zero-order valence-corrected chi connectivity index (χ0v) is 17.9. The highest BCUT2D eigenvalue weighted by atomic mass is 32.2. The van der Waals surface area contributed by atoms with Crippen LogP contribution in [0, 0.1) is 5.82 Å². The van der Waals surface area contributed by atoms with Gasteiger partial charge in [0.2, 0.25) is 15.9 Å². The lowest BCUT2D eigenvalue weighted by molar-refractivity contribution is -0.126. The largest absolute Gasteiger partial charge is 0.450 e. The van der Waals surface area contributed by atoms with Gasteiger partial charge >= 0.3 is 6.09 Å². The lowest BCUT2D eigenvalue weighted by atomic mass is 10.0. The molecular formula is C20H28FN3O5S. The summed E-state index contributed by atoms with van der Waals surface area (Å²) in [7, 11) is -3.90. The van der Waals surface area contributed by atoms with E-state index in [4.69, 9.17) is 4.74 Å². The van der Waals surface area contributed by atoms with Gasteiger partial charge in [0.15, 0.2) is 0 Å². The van der Waals surface area contributed by atoms with E-state index in [1.54, 1.807) is 11.8 Å². The normalized spacial score (nSPS) is 21.3. The molecule has 2 aliphatic heterocycles. The summed E-state index contributed by atoms with van der Waals surface area (Å²) in [5, 5.41) is 2.96. The van der Waals surface area contributed by atoms with Gasteiger partial charge in [-0.3, -0.25) is 4.79 Å². The first-order valence-electron chi connectivity index (χ1n) is 10.3. The van der Waals surface area contributed by atoms with Crippen LogP contribution >= 0.6 is 0 Å². The molecule has 2 saturated heterocycles. The number of nitrogens with zero attached hydrogens (tertiary/aromatic N) is 2. The van der Waals surface area contributed by atoms with E-state index in [1.807, 2.05) is 0 Å². The van der Waals surface area contributed by atoms with E-state index >= 15 is 0 Å². The third-order valence-electron chi connectivity index (χ3n) is 5.54. The Morgan fingerprint density at radius 1 is 1.10 bits per heavy atom. The molecule has 0 aliphatic carbocycles. The van der Waals surface area contributed by atoms with Crippen LogP contribution in [0.1, 0.15) is 39.0 Å². The Labute approximate surface area is 176 Å². The van der Waals surface area contributed by atoms with Crippen LogP contribution in [-0.2, 0) is 19.6 Å². The number of sulfonamides is 1. The minimum absolute atomic E-state index is 0.0219. The second kappa shape index (κ2) is 9.74. The van der Waals surface area contributed by atoms with Crippen LogP contribution in [0.15, 0.2) is 29.2 Å². The predicted molar refractivity (Wildman–Crippen MR) is 108 cm³/mol. The number of rotatable bonds is 5. The SMILES string of the molecule is CCOC(=O)N1CCC(NC(=O)[C@@H]2CCCCN2S(=O)(=O)c2ccc(F)cc2)CC1. The Morgan fingerprint density at radius 3 is 2.40 bits per heavy atom. The highest BCUT2D eigenvalue weighted by Crippen LogP contribution is 2.26. The molecule has 30 heavy (non-hydrogen) atoms. The van der Waals surface area contributed by atoms with E-state index in [0.29, 0.717) is 45.4 Å². The van der Waals surface area contributed by atoms with Crippen molar-refractivity contribution in [2.75, 3.05) is 26.2 Å². The molecule has 2 fully saturated rings.